The Kier molecular flexibility index (Phi) is 3.24. The number of hydrogen-bond acceptors (Lipinski definition) is 4. The minimum absolute atomic E-state index is 0.644. The maximum Gasteiger partial charge on any atom is 0.415 e. The summed E-state index contributed by atoms with van der Waals surface area (Å²) in [6, 6.07) is 9.03. The van der Waals surface area contributed by atoms with E-state index in [4.69, 9.17) is 9.84 Å². The molecule has 0 saturated carbocycles. The summed E-state index contributed by atoms with van der Waals surface area (Å²) in [5.74, 6) is 1.50. The fourth-order valence-electron chi connectivity index (χ4n) is 2.93. The Balaban J connectivity index is 1.70. The lowest BCUT2D eigenvalue weighted by atomic mass is 10.1. The van der Waals surface area contributed by atoms with Gasteiger partial charge in [0.2, 0.25) is 0 Å². The summed E-state index contributed by atoms with van der Waals surface area (Å²) in [6.45, 7) is 1.67. The van der Waals surface area contributed by atoms with Crippen molar-refractivity contribution in [1.29, 1.82) is 0 Å². The highest BCUT2D eigenvalue weighted by atomic mass is 16.5. The lowest BCUT2D eigenvalue weighted by Crippen LogP contribution is -2.24. The first-order chi connectivity index (χ1) is 11.2. The van der Waals surface area contributed by atoms with Gasteiger partial charge in [-0.05, 0) is 43.3 Å². The van der Waals surface area contributed by atoms with E-state index in [1.54, 1.807) is 24.4 Å². The largest absolute Gasteiger partial charge is 0.464 e. The van der Waals surface area contributed by atoms with Crippen molar-refractivity contribution in [2.24, 2.45) is 0 Å². The molecule has 0 amide bonds. The van der Waals surface area contributed by atoms with Gasteiger partial charge in [0.05, 0.1) is 11.2 Å². The van der Waals surface area contributed by atoms with Crippen LogP contribution in [0.5, 0.6) is 11.5 Å². The number of ether oxygens (including phenoxy) is 1. The third-order valence-corrected chi connectivity index (χ3v) is 4.04. The number of nitrogens with zero attached hydrogens (tertiary/aromatic N) is 2. The second kappa shape index (κ2) is 5.40. The first-order valence-corrected chi connectivity index (χ1v) is 7.42. The third-order valence-electron chi connectivity index (χ3n) is 4.04. The fraction of sp³-hybridized carbons (Fsp3) is 0.176. The van der Waals surface area contributed by atoms with Crippen LogP contribution in [0.15, 0.2) is 42.7 Å². The predicted molar refractivity (Wildman–Crippen MR) is 85.1 cm³/mol. The van der Waals surface area contributed by atoms with Gasteiger partial charge in [-0.2, -0.15) is 0 Å². The Hall–Kier alpha value is -2.86. The molecule has 1 aliphatic heterocycles. The van der Waals surface area contributed by atoms with Crippen LogP contribution in [-0.4, -0.2) is 27.3 Å². The van der Waals surface area contributed by atoms with Gasteiger partial charge in [-0.1, -0.05) is 0 Å². The molecule has 0 radical (unpaired) electrons. The lowest BCUT2D eigenvalue weighted by molar-refractivity contribution is 0.197. The van der Waals surface area contributed by atoms with Crippen LogP contribution < -0.4 is 10.1 Å². The van der Waals surface area contributed by atoms with Crippen molar-refractivity contribution >= 4 is 17.0 Å². The van der Waals surface area contributed by atoms with Gasteiger partial charge in [0.15, 0.2) is 0 Å². The minimum Gasteiger partial charge on any atom is -0.464 e. The number of aromatic nitrogens is 2. The number of nitrogens with one attached hydrogen (secondary N) is 1. The van der Waals surface area contributed by atoms with Crippen molar-refractivity contribution in [3.8, 4) is 11.5 Å². The monoisotopic (exact) mass is 309 g/mol. The fourth-order valence-corrected chi connectivity index (χ4v) is 2.93. The van der Waals surface area contributed by atoms with Crippen LogP contribution in [0.2, 0.25) is 0 Å². The second-order valence-corrected chi connectivity index (χ2v) is 5.45. The molecule has 2 aromatic heterocycles. The minimum atomic E-state index is -0.996. The van der Waals surface area contributed by atoms with Crippen LogP contribution in [-0.2, 0) is 13.0 Å². The quantitative estimate of drug-likeness (QED) is 0.761. The highest BCUT2D eigenvalue weighted by Crippen LogP contribution is 2.30. The molecular weight excluding hydrogens is 294 g/mol. The summed E-state index contributed by atoms with van der Waals surface area (Å²) in [4.78, 5) is 15.5. The van der Waals surface area contributed by atoms with Gasteiger partial charge < -0.3 is 15.2 Å². The molecular formula is C17H15N3O3. The molecule has 6 nitrogen and oxygen atoms in total. The Labute approximate surface area is 132 Å². The summed E-state index contributed by atoms with van der Waals surface area (Å²) in [6.07, 6.45) is 3.18. The summed E-state index contributed by atoms with van der Waals surface area (Å²) < 4.78 is 7.22. The Morgan fingerprint density at radius 2 is 2.22 bits per heavy atom. The summed E-state index contributed by atoms with van der Waals surface area (Å²) >= 11 is 0. The standard InChI is InChI=1S/C17H15N3O3/c21-17(22)20-8-5-11-9-12(1-2-15(11)20)23-16-4-7-19-14-10-18-6-3-13(14)16/h1-2,4-5,7-9,18H,3,6,10H2,(H,21,22). The average molecular weight is 309 g/mol. The van der Waals surface area contributed by atoms with Gasteiger partial charge in [-0.3, -0.25) is 9.55 Å². The van der Waals surface area contributed by atoms with E-state index in [0.717, 1.165) is 41.9 Å². The zero-order chi connectivity index (χ0) is 15.8. The summed E-state index contributed by atoms with van der Waals surface area (Å²) in [7, 11) is 0. The van der Waals surface area contributed by atoms with E-state index in [1.165, 1.54) is 10.8 Å². The zero-order valence-corrected chi connectivity index (χ0v) is 12.3. The maximum absolute atomic E-state index is 11.1. The van der Waals surface area contributed by atoms with Gasteiger partial charge in [0.1, 0.15) is 11.5 Å². The SMILES string of the molecule is O=C(O)n1ccc2cc(Oc3ccnc4c3CCNC4)ccc21. The van der Waals surface area contributed by atoms with Crippen LogP contribution in [0.4, 0.5) is 4.79 Å². The molecule has 6 heteroatoms. The molecule has 116 valence electrons. The Morgan fingerprint density at radius 1 is 1.30 bits per heavy atom. The number of hydrogen-bond donors (Lipinski definition) is 2. The van der Waals surface area contributed by atoms with Gasteiger partial charge in [0.25, 0.3) is 0 Å². The Bertz CT molecular complexity index is 901. The molecule has 1 aromatic carbocycles. The first-order valence-electron chi connectivity index (χ1n) is 7.42. The molecule has 0 bridgehead atoms. The molecule has 0 atom stereocenters. The van der Waals surface area contributed by atoms with Crippen molar-refractivity contribution in [2.75, 3.05) is 6.54 Å². The van der Waals surface area contributed by atoms with Crippen molar-refractivity contribution in [3.63, 3.8) is 0 Å². The van der Waals surface area contributed by atoms with Crippen molar-refractivity contribution in [3.05, 3.63) is 54.0 Å². The van der Waals surface area contributed by atoms with Crippen LogP contribution >= 0.6 is 0 Å². The van der Waals surface area contributed by atoms with Crippen LogP contribution in [0.1, 0.15) is 11.3 Å². The van der Waals surface area contributed by atoms with Crippen LogP contribution in [0.25, 0.3) is 10.9 Å². The molecule has 3 heterocycles. The topological polar surface area (TPSA) is 76.4 Å². The molecule has 1 aliphatic rings. The molecule has 23 heavy (non-hydrogen) atoms. The molecule has 0 fully saturated rings. The van der Waals surface area contributed by atoms with Gasteiger partial charge >= 0.3 is 6.09 Å². The number of rotatable bonds is 2. The number of pyridine rings is 1. The molecule has 2 N–H and O–H groups in total. The van der Waals surface area contributed by atoms with E-state index < -0.39 is 6.09 Å². The summed E-state index contributed by atoms with van der Waals surface area (Å²) in [5, 5.41) is 13.2. The average Bonchev–Trinajstić information content (AvgIpc) is 2.99. The van der Waals surface area contributed by atoms with Crippen LogP contribution in [0.3, 0.4) is 0 Å². The molecule has 4 rings (SSSR count). The molecule has 0 spiro atoms. The van der Waals surface area contributed by atoms with Crippen molar-refractivity contribution in [1.82, 2.24) is 14.9 Å². The van der Waals surface area contributed by atoms with Crippen molar-refractivity contribution < 1.29 is 14.6 Å². The highest BCUT2D eigenvalue weighted by molar-refractivity contribution is 5.89. The van der Waals surface area contributed by atoms with Gasteiger partial charge in [-0.15, -0.1) is 0 Å². The number of carbonyl (C=O) groups is 1. The zero-order valence-electron chi connectivity index (χ0n) is 12.3. The lowest BCUT2D eigenvalue weighted by Gasteiger charge is -2.19. The number of fused-ring (bicyclic) bond motifs is 2. The normalized spacial score (nSPS) is 13.7. The van der Waals surface area contributed by atoms with E-state index >= 15 is 0 Å². The first kappa shape index (κ1) is 13.8. The number of carboxylic acid groups (broad SMARTS) is 1. The highest BCUT2D eigenvalue weighted by Gasteiger charge is 2.15. The molecule has 0 unspecified atom stereocenters. The van der Waals surface area contributed by atoms with Crippen LogP contribution in [0, 0.1) is 0 Å². The summed E-state index contributed by atoms with van der Waals surface area (Å²) in [5.41, 5.74) is 2.80. The predicted octanol–water partition coefficient (Wildman–Crippen LogP) is 3.00. The van der Waals surface area contributed by atoms with Gasteiger partial charge in [-0.25, -0.2) is 4.79 Å². The molecule has 3 aromatic rings. The van der Waals surface area contributed by atoms with E-state index in [9.17, 15) is 4.79 Å². The third kappa shape index (κ3) is 2.43. The maximum atomic E-state index is 11.1. The Morgan fingerprint density at radius 3 is 3.09 bits per heavy atom. The molecule has 0 saturated heterocycles. The van der Waals surface area contributed by atoms with E-state index in [-0.39, 0.29) is 0 Å². The molecule has 0 aliphatic carbocycles. The van der Waals surface area contributed by atoms with E-state index in [2.05, 4.69) is 10.3 Å². The van der Waals surface area contributed by atoms with Gasteiger partial charge in [0, 0.05) is 29.9 Å². The van der Waals surface area contributed by atoms with E-state index in [0.29, 0.717) is 11.3 Å². The number of benzene rings is 1. The van der Waals surface area contributed by atoms with E-state index in [1.807, 2.05) is 12.1 Å². The van der Waals surface area contributed by atoms with Crippen molar-refractivity contribution in [2.45, 2.75) is 13.0 Å². The second-order valence-electron chi connectivity index (χ2n) is 5.45. The smallest absolute Gasteiger partial charge is 0.415 e.